The van der Waals surface area contributed by atoms with Gasteiger partial charge in [-0.2, -0.15) is 0 Å². The highest BCUT2D eigenvalue weighted by Gasteiger charge is 2.27. The molecule has 116 valence electrons. The van der Waals surface area contributed by atoms with Gasteiger partial charge in [0.05, 0.1) is 0 Å². The minimum atomic E-state index is -1.37. The Hall–Kier alpha value is -1.12. The largest absolute Gasteiger partial charge is 0.417 e. The molecule has 0 saturated heterocycles. The van der Waals surface area contributed by atoms with Crippen molar-refractivity contribution in [2.75, 3.05) is 6.61 Å². The highest BCUT2D eigenvalue weighted by molar-refractivity contribution is 6.73. The summed E-state index contributed by atoms with van der Waals surface area (Å²) >= 11 is 0. The van der Waals surface area contributed by atoms with Crippen molar-refractivity contribution < 1.29 is 4.43 Å². The predicted octanol–water partition coefficient (Wildman–Crippen LogP) is 6.06. The second kappa shape index (κ2) is 10.6. The number of hydrogen-bond acceptors (Lipinski definition) is 1. The zero-order chi connectivity index (χ0) is 15.4. The van der Waals surface area contributed by atoms with Crippen molar-refractivity contribution >= 4 is 14.4 Å². The molecule has 0 bridgehead atoms. The van der Waals surface area contributed by atoms with Crippen LogP contribution in [0.25, 0.3) is 6.08 Å². The van der Waals surface area contributed by atoms with Crippen LogP contribution < -0.4 is 0 Å². The van der Waals surface area contributed by atoms with Gasteiger partial charge in [0, 0.05) is 6.61 Å². The molecule has 0 N–H and O–H groups in total. The fourth-order valence-electron chi connectivity index (χ4n) is 2.45. The summed E-state index contributed by atoms with van der Waals surface area (Å²) in [6.45, 7) is 7.78. The second-order valence-electron chi connectivity index (χ2n) is 5.43. The average Bonchev–Trinajstić information content (AvgIpc) is 2.55. The van der Waals surface area contributed by atoms with Gasteiger partial charge < -0.3 is 4.43 Å². The fourth-order valence-corrected chi connectivity index (χ4v) is 5.14. The Kier molecular flexibility index (Phi) is 9.03. The van der Waals surface area contributed by atoms with Crippen LogP contribution in [0.4, 0.5) is 0 Å². The Bertz CT molecular complexity index is 410. The molecule has 1 aromatic rings. The summed E-state index contributed by atoms with van der Waals surface area (Å²) in [7, 11) is -1.37. The molecule has 0 aliphatic heterocycles. The lowest BCUT2D eigenvalue weighted by Gasteiger charge is -2.27. The molecule has 0 atom stereocenters. The van der Waals surface area contributed by atoms with Crippen molar-refractivity contribution in [3.63, 3.8) is 0 Å². The molecule has 0 saturated carbocycles. The van der Waals surface area contributed by atoms with E-state index in [1.807, 2.05) is 6.07 Å². The van der Waals surface area contributed by atoms with Crippen LogP contribution in [0, 0.1) is 0 Å². The first kappa shape index (κ1) is 17.9. The van der Waals surface area contributed by atoms with E-state index in [-0.39, 0.29) is 0 Å². The van der Waals surface area contributed by atoms with Crippen molar-refractivity contribution in [1.82, 2.24) is 0 Å². The third kappa shape index (κ3) is 6.92. The van der Waals surface area contributed by atoms with Crippen LogP contribution >= 0.6 is 0 Å². The molecular weight excluding hydrogens is 272 g/mol. The van der Waals surface area contributed by atoms with Gasteiger partial charge in [-0.05, 0) is 36.5 Å². The van der Waals surface area contributed by atoms with E-state index in [1.165, 1.54) is 23.7 Å². The lowest BCUT2D eigenvalue weighted by Crippen LogP contribution is -2.36. The van der Waals surface area contributed by atoms with Crippen molar-refractivity contribution in [2.45, 2.75) is 51.7 Å². The first-order chi connectivity index (χ1) is 10.3. The quantitative estimate of drug-likeness (QED) is 0.290. The maximum atomic E-state index is 6.24. The maximum absolute atomic E-state index is 6.24. The van der Waals surface area contributed by atoms with E-state index in [9.17, 15) is 0 Å². The van der Waals surface area contributed by atoms with Gasteiger partial charge in [0.2, 0.25) is 0 Å². The van der Waals surface area contributed by atoms with Crippen LogP contribution in [-0.4, -0.2) is 14.9 Å². The summed E-state index contributed by atoms with van der Waals surface area (Å²) in [5, 5.41) is 0. The summed E-state index contributed by atoms with van der Waals surface area (Å²) in [5.74, 6) is 0. The van der Waals surface area contributed by atoms with Crippen LogP contribution in [-0.2, 0) is 4.43 Å². The van der Waals surface area contributed by atoms with Crippen molar-refractivity contribution in [3.8, 4) is 0 Å². The summed E-state index contributed by atoms with van der Waals surface area (Å²) in [4.78, 5) is 0. The molecule has 0 unspecified atom stereocenters. The molecule has 0 amide bonds. The fraction of sp³-hybridized carbons (Fsp3) is 0.474. The van der Waals surface area contributed by atoms with E-state index in [1.54, 1.807) is 0 Å². The first-order valence-corrected chi connectivity index (χ1v) is 10.8. The van der Waals surface area contributed by atoms with E-state index in [0.717, 1.165) is 19.4 Å². The summed E-state index contributed by atoms with van der Waals surface area (Å²) < 4.78 is 6.24. The molecule has 21 heavy (non-hydrogen) atoms. The standard InChI is InChI=1S/C19H30OSi/c1-4-21(5-2,6-3)20-18-14-9-7-8-11-15-19-16-12-10-13-17-19/h7-8,10-13,15-17H,4-6,9,14,18H2,1-3H3/b8-7+,15-11+. The van der Waals surface area contributed by atoms with Gasteiger partial charge in [-0.1, -0.05) is 75.4 Å². The molecule has 0 fully saturated rings. The third-order valence-corrected chi connectivity index (χ3v) is 8.87. The van der Waals surface area contributed by atoms with E-state index < -0.39 is 8.32 Å². The lowest BCUT2D eigenvalue weighted by atomic mass is 10.2. The molecule has 1 rings (SSSR count). The molecular formula is C19H30OSi. The van der Waals surface area contributed by atoms with Crippen LogP contribution in [0.3, 0.4) is 0 Å². The van der Waals surface area contributed by atoms with E-state index in [2.05, 4.69) is 69.3 Å². The summed E-state index contributed by atoms with van der Waals surface area (Å²) in [6, 6.07) is 14.1. The molecule has 0 aliphatic carbocycles. The highest BCUT2D eigenvalue weighted by atomic mass is 28.4. The van der Waals surface area contributed by atoms with Crippen LogP contribution in [0.1, 0.15) is 39.2 Å². The smallest absolute Gasteiger partial charge is 0.191 e. The Morgan fingerprint density at radius 1 is 0.952 bits per heavy atom. The normalized spacial score (nSPS) is 12.5. The molecule has 0 spiro atoms. The summed E-state index contributed by atoms with van der Waals surface area (Å²) in [5.41, 5.74) is 1.25. The van der Waals surface area contributed by atoms with Crippen LogP contribution in [0.2, 0.25) is 18.1 Å². The number of benzene rings is 1. The molecule has 1 nitrogen and oxygen atoms in total. The Balaban J connectivity index is 2.19. The molecule has 0 heterocycles. The van der Waals surface area contributed by atoms with Gasteiger partial charge in [0.25, 0.3) is 0 Å². The molecule has 0 radical (unpaired) electrons. The van der Waals surface area contributed by atoms with E-state index in [4.69, 9.17) is 4.43 Å². The van der Waals surface area contributed by atoms with Gasteiger partial charge in [-0.25, -0.2) is 0 Å². The zero-order valence-corrected chi connectivity index (χ0v) is 14.8. The molecule has 0 aliphatic rings. The number of allylic oxidation sites excluding steroid dienone is 3. The van der Waals surface area contributed by atoms with Crippen molar-refractivity contribution in [1.29, 1.82) is 0 Å². The monoisotopic (exact) mass is 302 g/mol. The predicted molar refractivity (Wildman–Crippen MR) is 97.0 cm³/mol. The average molecular weight is 303 g/mol. The van der Waals surface area contributed by atoms with Crippen LogP contribution in [0.15, 0.2) is 48.6 Å². The molecule has 2 heteroatoms. The number of unbranched alkanes of at least 4 members (excludes halogenated alkanes) is 1. The summed E-state index contributed by atoms with van der Waals surface area (Å²) in [6.07, 6.45) is 10.8. The van der Waals surface area contributed by atoms with Gasteiger partial charge in [0.1, 0.15) is 0 Å². The Morgan fingerprint density at radius 3 is 2.24 bits per heavy atom. The van der Waals surface area contributed by atoms with Crippen LogP contribution in [0.5, 0.6) is 0 Å². The maximum Gasteiger partial charge on any atom is 0.191 e. The first-order valence-electron chi connectivity index (χ1n) is 8.28. The Morgan fingerprint density at radius 2 is 1.62 bits per heavy atom. The third-order valence-electron chi connectivity index (χ3n) is 4.19. The van der Waals surface area contributed by atoms with Gasteiger partial charge in [-0.3, -0.25) is 0 Å². The minimum Gasteiger partial charge on any atom is -0.417 e. The topological polar surface area (TPSA) is 9.23 Å². The second-order valence-corrected chi connectivity index (χ2v) is 10.2. The number of hydrogen-bond donors (Lipinski definition) is 0. The van der Waals surface area contributed by atoms with Gasteiger partial charge in [0.15, 0.2) is 8.32 Å². The van der Waals surface area contributed by atoms with Crippen molar-refractivity contribution in [3.05, 3.63) is 54.1 Å². The van der Waals surface area contributed by atoms with E-state index >= 15 is 0 Å². The Labute approximate surface area is 131 Å². The molecule has 1 aromatic carbocycles. The highest BCUT2D eigenvalue weighted by Crippen LogP contribution is 2.21. The van der Waals surface area contributed by atoms with Crippen molar-refractivity contribution in [2.24, 2.45) is 0 Å². The zero-order valence-electron chi connectivity index (χ0n) is 13.8. The van der Waals surface area contributed by atoms with E-state index in [0.29, 0.717) is 0 Å². The SMILES string of the molecule is CC[Si](CC)(CC)OCCC/C=C/C=C/c1ccccc1. The number of rotatable bonds is 10. The lowest BCUT2D eigenvalue weighted by molar-refractivity contribution is 0.294. The minimum absolute atomic E-state index is 0.925. The van der Waals surface area contributed by atoms with Gasteiger partial charge in [-0.15, -0.1) is 0 Å². The van der Waals surface area contributed by atoms with Gasteiger partial charge >= 0.3 is 0 Å². The molecule has 0 aromatic heterocycles.